The Bertz CT molecular complexity index is 656. The van der Waals surface area contributed by atoms with Gasteiger partial charge in [0.25, 0.3) is 0 Å². The number of aliphatic carboxylic acids is 1. The van der Waals surface area contributed by atoms with E-state index in [1.165, 1.54) is 0 Å². The van der Waals surface area contributed by atoms with Gasteiger partial charge in [-0.25, -0.2) is 0 Å². The summed E-state index contributed by atoms with van der Waals surface area (Å²) in [4.78, 5) is 26.6. The van der Waals surface area contributed by atoms with Crippen LogP contribution in [0.2, 0.25) is 5.02 Å². The van der Waals surface area contributed by atoms with Crippen molar-refractivity contribution in [3.8, 4) is 0 Å². The number of hydrogen-bond acceptors (Lipinski definition) is 3. The van der Waals surface area contributed by atoms with Gasteiger partial charge in [0.15, 0.2) is 0 Å². The summed E-state index contributed by atoms with van der Waals surface area (Å²) in [5.74, 6) is -0.848. The molecule has 2 heterocycles. The van der Waals surface area contributed by atoms with Gasteiger partial charge >= 0.3 is 5.97 Å². The summed E-state index contributed by atoms with van der Waals surface area (Å²) in [6.07, 6.45) is 1.66. The second kappa shape index (κ2) is 6.37. The van der Waals surface area contributed by atoms with Crippen LogP contribution in [-0.2, 0) is 19.7 Å². The lowest BCUT2D eigenvalue weighted by molar-refractivity contribution is -0.148. The van der Waals surface area contributed by atoms with Gasteiger partial charge in [0.2, 0.25) is 5.91 Å². The van der Waals surface area contributed by atoms with E-state index in [4.69, 9.17) is 16.3 Å². The van der Waals surface area contributed by atoms with Gasteiger partial charge in [0.05, 0.1) is 10.8 Å². The number of carbonyl (C=O) groups excluding carboxylic acids is 1. The average Bonchev–Trinajstić information content (AvgIpc) is 2.98. The van der Waals surface area contributed by atoms with Crippen LogP contribution in [0.15, 0.2) is 24.3 Å². The number of benzene rings is 1. The lowest BCUT2D eigenvalue weighted by Gasteiger charge is -2.39. The maximum atomic E-state index is 13.4. The number of hydrogen-bond donors (Lipinski definition) is 1. The van der Waals surface area contributed by atoms with E-state index >= 15 is 0 Å². The molecule has 1 atom stereocenters. The predicted molar refractivity (Wildman–Crippen MR) is 90.1 cm³/mol. The van der Waals surface area contributed by atoms with E-state index < -0.39 is 16.8 Å². The summed E-state index contributed by atoms with van der Waals surface area (Å²) in [6, 6.07) is 7.42. The van der Waals surface area contributed by atoms with E-state index in [1.54, 1.807) is 17.9 Å². The van der Waals surface area contributed by atoms with Crippen molar-refractivity contribution in [2.45, 2.75) is 31.6 Å². The minimum Gasteiger partial charge on any atom is -0.481 e. The zero-order chi connectivity index (χ0) is 17.4. The molecule has 0 spiro atoms. The van der Waals surface area contributed by atoms with E-state index in [0.717, 1.165) is 5.56 Å². The third-order valence-corrected chi connectivity index (χ3v) is 5.64. The molecule has 130 valence electrons. The highest BCUT2D eigenvalue weighted by atomic mass is 35.5. The monoisotopic (exact) mass is 351 g/mol. The molecule has 24 heavy (non-hydrogen) atoms. The summed E-state index contributed by atoms with van der Waals surface area (Å²) in [6.45, 7) is 3.47. The molecule has 3 rings (SSSR count). The van der Waals surface area contributed by atoms with Crippen LogP contribution < -0.4 is 0 Å². The number of ether oxygens (including phenoxy) is 1. The van der Waals surface area contributed by atoms with Gasteiger partial charge < -0.3 is 14.7 Å². The first kappa shape index (κ1) is 17.2. The van der Waals surface area contributed by atoms with E-state index in [-0.39, 0.29) is 12.5 Å². The number of rotatable bonds is 3. The van der Waals surface area contributed by atoms with E-state index in [0.29, 0.717) is 44.0 Å². The minimum absolute atomic E-state index is 0.00181. The number of amides is 1. The molecule has 2 saturated heterocycles. The largest absolute Gasteiger partial charge is 0.481 e. The molecule has 6 heteroatoms. The molecule has 0 radical (unpaired) electrons. The highest BCUT2D eigenvalue weighted by Gasteiger charge is 2.49. The standard InChI is InChI=1S/C18H22ClNO4/c1-17(16(22)23)5-8-20(12-17)15(21)18(6-9-24-10-7-18)13-3-2-4-14(19)11-13/h2-4,11H,5-10,12H2,1H3,(H,22,23)/t17-/m0/s1. The molecule has 2 fully saturated rings. The van der Waals surface area contributed by atoms with Gasteiger partial charge in [-0.2, -0.15) is 0 Å². The van der Waals surface area contributed by atoms with Crippen LogP contribution in [-0.4, -0.2) is 48.2 Å². The van der Waals surface area contributed by atoms with Gasteiger partial charge in [-0.05, 0) is 43.9 Å². The van der Waals surface area contributed by atoms with E-state index in [2.05, 4.69) is 0 Å². The van der Waals surface area contributed by atoms with Crippen LogP contribution >= 0.6 is 11.6 Å². The van der Waals surface area contributed by atoms with Crippen molar-refractivity contribution in [2.24, 2.45) is 5.41 Å². The van der Waals surface area contributed by atoms with Crippen molar-refractivity contribution >= 4 is 23.5 Å². The summed E-state index contributed by atoms with van der Waals surface area (Å²) in [5, 5.41) is 10.0. The number of carboxylic acids is 1. The number of nitrogens with zero attached hydrogens (tertiary/aromatic N) is 1. The van der Waals surface area contributed by atoms with Gasteiger partial charge in [-0.3, -0.25) is 9.59 Å². The maximum absolute atomic E-state index is 13.4. The Balaban J connectivity index is 1.92. The fraction of sp³-hybridized carbons (Fsp3) is 0.556. The topological polar surface area (TPSA) is 66.8 Å². The number of carbonyl (C=O) groups is 2. The van der Waals surface area contributed by atoms with Gasteiger partial charge in [0.1, 0.15) is 0 Å². The number of halogens is 1. The first-order valence-corrected chi connectivity index (χ1v) is 8.62. The Morgan fingerprint density at radius 2 is 1.96 bits per heavy atom. The summed E-state index contributed by atoms with van der Waals surface area (Å²) in [7, 11) is 0. The third-order valence-electron chi connectivity index (χ3n) is 5.41. The first-order valence-electron chi connectivity index (χ1n) is 8.24. The molecule has 0 bridgehead atoms. The summed E-state index contributed by atoms with van der Waals surface area (Å²) < 4.78 is 5.47. The Morgan fingerprint density at radius 1 is 1.25 bits per heavy atom. The Labute approximate surface area is 146 Å². The highest BCUT2D eigenvalue weighted by Crippen LogP contribution is 2.40. The first-order chi connectivity index (χ1) is 11.4. The Kier molecular flexibility index (Phi) is 4.58. The van der Waals surface area contributed by atoms with Crippen molar-refractivity contribution in [1.82, 2.24) is 4.90 Å². The van der Waals surface area contributed by atoms with Gasteiger partial charge in [0, 0.05) is 31.3 Å². The van der Waals surface area contributed by atoms with Crippen LogP contribution in [0.3, 0.4) is 0 Å². The molecule has 0 aromatic heterocycles. The maximum Gasteiger partial charge on any atom is 0.311 e. The molecule has 1 aromatic rings. The molecule has 1 N–H and O–H groups in total. The quantitative estimate of drug-likeness (QED) is 0.909. The fourth-order valence-electron chi connectivity index (χ4n) is 3.74. The van der Waals surface area contributed by atoms with Gasteiger partial charge in [-0.15, -0.1) is 0 Å². The second-order valence-electron chi connectivity index (χ2n) is 7.05. The Morgan fingerprint density at radius 3 is 2.54 bits per heavy atom. The molecule has 1 aromatic carbocycles. The Hall–Kier alpha value is -1.59. The lowest BCUT2D eigenvalue weighted by Crippen LogP contribution is -2.50. The van der Waals surface area contributed by atoms with Crippen molar-refractivity contribution < 1.29 is 19.4 Å². The molecule has 2 aliphatic rings. The number of likely N-dealkylation sites (tertiary alicyclic amines) is 1. The number of carboxylic acid groups (broad SMARTS) is 1. The van der Waals surface area contributed by atoms with Crippen LogP contribution in [0.4, 0.5) is 0 Å². The normalized spacial score (nSPS) is 26.3. The molecule has 0 unspecified atom stereocenters. The van der Waals surface area contributed by atoms with Crippen molar-refractivity contribution in [3.63, 3.8) is 0 Å². The molecular formula is C18H22ClNO4. The summed E-state index contributed by atoms with van der Waals surface area (Å²) >= 11 is 6.14. The molecule has 1 amide bonds. The molecular weight excluding hydrogens is 330 g/mol. The van der Waals surface area contributed by atoms with Crippen molar-refractivity contribution in [1.29, 1.82) is 0 Å². The van der Waals surface area contributed by atoms with Gasteiger partial charge in [-0.1, -0.05) is 23.7 Å². The average molecular weight is 352 g/mol. The molecule has 0 saturated carbocycles. The zero-order valence-electron chi connectivity index (χ0n) is 13.8. The van der Waals surface area contributed by atoms with Crippen LogP contribution in [0.1, 0.15) is 31.7 Å². The van der Waals surface area contributed by atoms with E-state index in [9.17, 15) is 14.7 Å². The lowest BCUT2D eigenvalue weighted by atomic mass is 9.73. The van der Waals surface area contributed by atoms with Crippen LogP contribution in [0, 0.1) is 5.41 Å². The molecule has 2 aliphatic heterocycles. The van der Waals surface area contributed by atoms with Crippen molar-refractivity contribution in [2.75, 3.05) is 26.3 Å². The van der Waals surface area contributed by atoms with E-state index in [1.807, 2.05) is 18.2 Å². The minimum atomic E-state index is -0.865. The SMILES string of the molecule is C[C@]1(C(=O)O)CCN(C(=O)C2(c3cccc(Cl)c3)CCOCC2)C1. The fourth-order valence-corrected chi connectivity index (χ4v) is 3.93. The van der Waals surface area contributed by atoms with Crippen LogP contribution in [0.5, 0.6) is 0 Å². The molecule has 5 nitrogen and oxygen atoms in total. The van der Waals surface area contributed by atoms with Crippen LogP contribution in [0.25, 0.3) is 0 Å². The zero-order valence-corrected chi connectivity index (χ0v) is 14.5. The second-order valence-corrected chi connectivity index (χ2v) is 7.48. The predicted octanol–water partition coefficient (Wildman–Crippen LogP) is 2.71. The summed E-state index contributed by atoms with van der Waals surface area (Å²) in [5.41, 5.74) is -0.643. The van der Waals surface area contributed by atoms with Crippen molar-refractivity contribution in [3.05, 3.63) is 34.9 Å². The third kappa shape index (κ3) is 2.91. The smallest absolute Gasteiger partial charge is 0.311 e. The molecule has 0 aliphatic carbocycles. The highest BCUT2D eigenvalue weighted by molar-refractivity contribution is 6.30.